The molecule has 2 heterocycles. The Morgan fingerprint density at radius 1 is 1.33 bits per heavy atom. The van der Waals surface area contributed by atoms with Crippen LogP contribution in [0.3, 0.4) is 0 Å². The fourth-order valence-electron chi connectivity index (χ4n) is 4.14. The fraction of sp³-hybridized carbons (Fsp3) is 0.611. The Morgan fingerprint density at radius 3 is 2.71 bits per heavy atom. The van der Waals surface area contributed by atoms with Crippen LogP contribution in [0.5, 0.6) is 11.5 Å². The Hall–Kier alpha value is -1.79. The molecule has 0 aliphatic carbocycles. The van der Waals surface area contributed by atoms with Gasteiger partial charge in [-0.15, -0.1) is 0 Å². The normalized spacial score (nSPS) is 23.3. The van der Waals surface area contributed by atoms with Crippen molar-refractivity contribution in [2.24, 2.45) is 11.3 Å². The quantitative estimate of drug-likeness (QED) is 0.888. The van der Waals surface area contributed by atoms with Gasteiger partial charge in [-0.25, -0.2) is 0 Å². The summed E-state index contributed by atoms with van der Waals surface area (Å²) in [4.78, 5) is 14.0. The number of nitrogens with zero attached hydrogens (tertiary/aromatic N) is 1. The summed E-state index contributed by atoms with van der Waals surface area (Å²) in [5.74, 6) is 0.388. The van der Waals surface area contributed by atoms with Gasteiger partial charge in [-0.2, -0.15) is 0 Å². The van der Waals surface area contributed by atoms with Crippen LogP contribution in [0.2, 0.25) is 0 Å². The number of carboxylic acid groups (broad SMARTS) is 1. The largest absolute Gasteiger partial charge is 0.493 e. The van der Waals surface area contributed by atoms with Crippen molar-refractivity contribution in [3.63, 3.8) is 0 Å². The van der Waals surface area contributed by atoms with Gasteiger partial charge < -0.3 is 19.3 Å². The third-order valence-electron chi connectivity index (χ3n) is 5.38. The summed E-state index contributed by atoms with van der Waals surface area (Å²) in [6.45, 7) is 3.32. The van der Waals surface area contributed by atoms with Crippen molar-refractivity contribution in [2.45, 2.75) is 19.4 Å². The van der Waals surface area contributed by atoms with E-state index in [9.17, 15) is 9.90 Å². The lowest BCUT2D eigenvalue weighted by Crippen LogP contribution is -2.40. The molecule has 0 aromatic heterocycles. The average Bonchev–Trinajstić information content (AvgIpc) is 2.93. The molecule has 0 amide bonds. The molecule has 1 spiro atoms. The average molecular weight is 335 g/mol. The van der Waals surface area contributed by atoms with Crippen molar-refractivity contribution < 1.29 is 24.1 Å². The number of para-hydroxylation sites is 1. The molecule has 1 aromatic carbocycles. The molecule has 2 aliphatic heterocycles. The lowest BCUT2D eigenvalue weighted by molar-refractivity contribution is -0.147. The first-order valence-electron chi connectivity index (χ1n) is 8.32. The molecule has 0 radical (unpaired) electrons. The zero-order valence-corrected chi connectivity index (χ0v) is 14.3. The van der Waals surface area contributed by atoms with Gasteiger partial charge >= 0.3 is 5.97 Å². The smallest absolute Gasteiger partial charge is 0.308 e. The molecule has 6 nitrogen and oxygen atoms in total. The number of benzene rings is 1. The highest BCUT2D eigenvalue weighted by atomic mass is 16.5. The maximum Gasteiger partial charge on any atom is 0.308 e. The molecule has 1 atom stereocenters. The number of aliphatic carboxylic acids is 1. The lowest BCUT2D eigenvalue weighted by atomic mass is 9.72. The number of rotatable bonds is 5. The molecule has 1 N–H and O–H groups in total. The summed E-state index contributed by atoms with van der Waals surface area (Å²) in [6, 6.07) is 5.81. The number of methoxy groups -OCH3 is 2. The van der Waals surface area contributed by atoms with Crippen LogP contribution < -0.4 is 9.47 Å². The Morgan fingerprint density at radius 2 is 2.08 bits per heavy atom. The van der Waals surface area contributed by atoms with Crippen LogP contribution >= 0.6 is 0 Å². The highest BCUT2D eigenvalue weighted by Gasteiger charge is 2.50. The highest BCUT2D eigenvalue weighted by molar-refractivity contribution is 5.72. The van der Waals surface area contributed by atoms with E-state index in [1.54, 1.807) is 14.2 Å². The summed E-state index contributed by atoms with van der Waals surface area (Å²) < 4.78 is 16.3. The first-order valence-corrected chi connectivity index (χ1v) is 8.32. The van der Waals surface area contributed by atoms with Gasteiger partial charge in [0.1, 0.15) is 0 Å². The minimum atomic E-state index is -0.697. The summed E-state index contributed by atoms with van der Waals surface area (Å²) >= 11 is 0. The van der Waals surface area contributed by atoms with Gasteiger partial charge in [0.2, 0.25) is 0 Å². The standard InChI is InChI=1S/C18H25NO5/c1-22-15-5-3-4-13(16(15)23-2)10-19-11-14(17(20)21)18(12-19)6-8-24-9-7-18/h3-5,14H,6-12H2,1-2H3,(H,20,21). The highest BCUT2D eigenvalue weighted by Crippen LogP contribution is 2.45. The number of carbonyl (C=O) groups is 1. The first kappa shape index (κ1) is 17.0. The van der Waals surface area contributed by atoms with Crippen molar-refractivity contribution in [2.75, 3.05) is 40.5 Å². The van der Waals surface area contributed by atoms with Crippen molar-refractivity contribution in [3.8, 4) is 11.5 Å². The first-order chi connectivity index (χ1) is 11.6. The van der Waals surface area contributed by atoms with Gasteiger partial charge in [0.25, 0.3) is 0 Å². The molecule has 1 unspecified atom stereocenters. The van der Waals surface area contributed by atoms with Gasteiger partial charge in [0.15, 0.2) is 11.5 Å². The van der Waals surface area contributed by atoms with Gasteiger partial charge in [-0.3, -0.25) is 9.69 Å². The van der Waals surface area contributed by atoms with Crippen molar-refractivity contribution >= 4 is 5.97 Å². The van der Waals surface area contributed by atoms with Gasteiger partial charge in [-0.05, 0) is 18.9 Å². The maximum absolute atomic E-state index is 11.8. The summed E-state index contributed by atoms with van der Waals surface area (Å²) in [5, 5.41) is 9.69. The lowest BCUT2D eigenvalue weighted by Gasteiger charge is -2.36. The SMILES string of the molecule is COc1cccc(CN2CC(C(=O)O)C3(CCOCC3)C2)c1OC. The minimum Gasteiger partial charge on any atom is -0.493 e. The molecule has 1 aromatic rings. The number of hydrogen-bond acceptors (Lipinski definition) is 5. The van der Waals surface area contributed by atoms with E-state index in [2.05, 4.69) is 4.90 Å². The Kier molecular flexibility index (Phi) is 4.96. The van der Waals surface area contributed by atoms with Gasteiger partial charge in [0, 0.05) is 43.8 Å². The van der Waals surface area contributed by atoms with Crippen LogP contribution in [0, 0.1) is 11.3 Å². The zero-order chi connectivity index (χ0) is 17.2. The van der Waals surface area contributed by atoms with E-state index in [1.807, 2.05) is 18.2 Å². The molecule has 0 bridgehead atoms. The van der Waals surface area contributed by atoms with Crippen LogP contribution in [-0.4, -0.2) is 56.5 Å². The second-order valence-corrected chi connectivity index (χ2v) is 6.69. The number of carboxylic acids is 1. The van der Waals surface area contributed by atoms with Crippen LogP contribution in [0.25, 0.3) is 0 Å². The molecule has 0 saturated carbocycles. The molecule has 6 heteroatoms. The molecule has 3 rings (SSSR count). The number of ether oxygens (including phenoxy) is 3. The molecule has 2 fully saturated rings. The van der Waals surface area contributed by atoms with Gasteiger partial charge in [0.05, 0.1) is 20.1 Å². The topological polar surface area (TPSA) is 68.2 Å². The Balaban J connectivity index is 1.81. The predicted molar refractivity (Wildman–Crippen MR) is 88.4 cm³/mol. The molecular formula is C18H25NO5. The van der Waals surface area contributed by atoms with Crippen molar-refractivity contribution in [1.29, 1.82) is 0 Å². The monoisotopic (exact) mass is 335 g/mol. The molecular weight excluding hydrogens is 310 g/mol. The third-order valence-corrected chi connectivity index (χ3v) is 5.38. The molecule has 132 valence electrons. The summed E-state index contributed by atoms with van der Waals surface area (Å²) in [7, 11) is 3.25. The molecule has 2 saturated heterocycles. The van der Waals surface area contributed by atoms with Crippen LogP contribution in [0.4, 0.5) is 0 Å². The number of hydrogen-bond donors (Lipinski definition) is 1. The number of likely N-dealkylation sites (tertiary alicyclic amines) is 1. The molecule has 2 aliphatic rings. The van der Waals surface area contributed by atoms with Crippen molar-refractivity contribution in [3.05, 3.63) is 23.8 Å². The van der Waals surface area contributed by atoms with E-state index in [1.165, 1.54) is 0 Å². The summed E-state index contributed by atoms with van der Waals surface area (Å²) in [5.41, 5.74) is 0.848. The second-order valence-electron chi connectivity index (χ2n) is 6.69. The minimum absolute atomic E-state index is 0.170. The second kappa shape index (κ2) is 6.99. The van der Waals surface area contributed by atoms with Gasteiger partial charge in [-0.1, -0.05) is 12.1 Å². The van der Waals surface area contributed by atoms with E-state index >= 15 is 0 Å². The fourth-order valence-corrected chi connectivity index (χ4v) is 4.14. The van der Waals surface area contributed by atoms with E-state index in [-0.39, 0.29) is 11.3 Å². The van der Waals surface area contributed by atoms with E-state index in [0.29, 0.717) is 32.1 Å². The van der Waals surface area contributed by atoms with E-state index in [0.717, 1.165) is 30.7 Å². The third kappa shape index (κ3) is 3.08. The maximum atomic E-state index is 11.8. The van der Waals surface area contributed by atoms with E-state index in [4.69, 9.17) is 14.2 Å². The predicted octanol–water partition coefficient (Wildman–Crippen LogP) is 2.02. The van der Waals surface area contributed by atoms with E-state index < -0.39 is 5.97 Å². The van der Waals surface area contributed by atoms with Crippen LogP contribution in [-0.2, 0) is 16.1 Å². The van der Waals surface area contributed by atoms with Crippen molar-refractivity contribution in [1.82, 2.24) is 4.90 Å². The zero-order valence-electron chi connectivity index (χ0n) is 14.3. The summed E-state index contributed by atoms with van der Waals surface area (Å²) in [6.07, 6.45) is 1.63. The Labute approximate surface area is 142 Å². The molecule has 24 heavy (non-hydrogen) atoms. The van der Waals surface area contributed by atoms with Crippen LogP contribution in [0.15, 0.2) is 18.2 Å². The Bertz CT molecular complexity index is 597. The van der Waals surface area contributed by atoms with Crippen LogP contribution in [0.1, 0.15) is 18.4 Å².